The van der Waals surface area contributed by atoms with E-state index in [9.17, 15) is 10.1 Å². The van der Waals surface area contributed by atoms with E-state index in [0.717, 1.165) is 0 Å². The zero-order valence-electron chi connectivity index (χ0n) is 13.2. The first kappa shape index (κ1) is 17.8. The van der Waals surface area contributed by atoms with Crippen molar-refractivity contribution in [2.75, 3.05) is 0 Å². The largest absolute Gasteiger partial charge is 0.486 e. The maximum atomic E-state index is 10.7. The molecule has 1 heterocycles. The molecule has 0 radical (unpaired) electrons. The average Bonchev–Trinajstić information content (AvgIpc) is 2.99. The number of hydrogen-bond donors (Lipinski definition) is 1. The summed E-state index contributed by atoms with van der Waals surface area (Å²) in [6.07, 6.45) is 1.53. The van der Waals surface area contributed by atoms with Gasteiger partial charge >= 0.3 is 0 Å². The molecule has 0 bridgehead atoms. The van der Waals surface area contributed by atoms with Crippen LogP contribution in [0.15, 0.2) is 53.6 Å². The highest BCUT2D eigenvalue weighted by atomic mass is 35.5. The summed E-state index contributed by atoms with van der Waals surface area (Å²) in [4.78, 5) is 10.2. The Labute approximate surface area is 157 Å². The van der Waals surface area contributed by atoms with Crippen molar-refractivity contribution in [2.45, 2.75) is 6.61 Å². The van der Waals surface area contributed by atoms with Crippen LogP contribution in [0.1, 0.15) is 11.4 Å². The number of aromatic amines is 1. The number of hydrogen-bond acceptors (Lipinski definition) is 6. The summed E-state index contributed by atoms with van der Waals surface area (Å²) in [7, 11) is 0. The zero-order chi connectivity index (χ0) is 18.5. The standard InChI is InChI=1S/C16H12ClN5O3S/c17-12-3-7-14(8-4-12)25-10-15-19-20-16(26)21(15)18-9-11-1-5-13(6-2-11)22(23)24/h1-9H,10H2,(H,20,26)/b18-9-. The van der Waals surface area contributed by atoms with Crippen molar-refractivity contribution in [1.29, 1.82) is 0 Å². The van der Waals surface area contributed by atoms with Crippen LogP contribution in [0.3, 0.4) is 0 Å². The Balaban J connectivity index is 1.73. The summed E-state index contributed by atoms with van der Waals surface area (Å²) in [5, 5.41) is 22.3. The van der Waals surface area contributed by atoms with Crippen LogP contribution >= 0.6 is 23.8 Å². The number of halogens is 1. The molecule has 8 nitrogen and oxygen atoms in total. The molecule has 1 N–H and O–H groups in total. The number of benzene rings is 2. The maximum absolute atomic E-state index is 10.7. The van der Waals surface area contributed by atoms with Gasteiger partial charge in [0.25, 0.3) is 5.69 Å². The number of nitrogens with one attached hydrogen (secondary N) is 1. The van der Waals surface area contributed by atoms with Gasteiger partial charge < -0.3 is 4.74 Å². The molecule has 3 aromatic rings. The van der Waals surface area contributed by atoms with Crippen LogP contribution < -0.4 is 4.74 Å². The number of H-pyrrole nitrogens is 1. The van der Waals surface area contributed by atoms with Crippen LogP contribution in [-0.4, -0.2) is 26.0 Å². The van der Waals surface area contributed by atoms with Crippen molar-refractivity contribution < 1.29 is 9.66 Å². The van der Waals surface area contributed by atoms with Gasteiger partial charge in [-0.05, 0) is 54.2 Å². The summed E-state index contributed by atoms with van der Waals surface area (Å²) in [5.41, 5.74) is 0.697. The van der Waals surface area contributed by atoms with Gasteiger partial charge in [-0.3, -0.25) is 10.1 Å². The molecule has 3 rings (SSSR count). The van der Waals surface area contributed by atoms with Gasteiger partial charge in [-0.2, -0.15) is 14.9 Å². The molecule has 10 heteroatoms. The van der Waals surface area contributed by atoms with Crippen molar-refractivity contribution in [3.8, 4) is 5.75 Å². The number of nitrogens with zero attached hydrogens (tertiary/aromatic N) is 4. The fraction of sp³-hybridized carbons (Fsp3) is 0.0625. The van der Waals surface area contributed by atoms with Crippen molar-refractivity contribution in [3.63, 3.8) is 0 Å². The Morgan fingerprint density at radius 3 is 2.62 bits per heavy atom. The van der Waals surface area contributed by atoms with E-state index in [1.54, 1.807) is 36.4 Å². The van der Waals surface area contributed by atoms with E-state index in [1.165, 1.54) is 23.0 Å². The van der Waals surface area contributed by atoms with E-state index in [1.807, 2.05) is 0 Å². The molecule has 0 saturated heterocycles. The molecule has 0 aliphatic carbocycles. The Morgan fingerprint density at radius 1 is 1.27 bits per heavy atom. The SMILES string of the molecule is O=[N+]([O-])c1ccc(/C=N\n2c(COc3ccc(Cl)cc3)n[nH]c2=S)cc1. The number of aromatic nitrogens is 3. The van der Waals surface area contributed by atoms with Gasteiger partial charge in [0.2, 0.25) is 4.77 Å². The van der Waals surface area contributed by atoms with E-state index < -0.39 is 4.92 Å². The van der Waals surface area contributed by atoms with Gasteiger partial charge in [0.1, 0.15) is 12.4 Å². The van der Waals surface area contributed by atoms with Crippen molar-refractivity contribution in [3.05, 3.63) is 79.8 Å². The van der Waals surface area contributed by atoms with Crippen molar-refractivity contribution in [2.24, 2.45) is 5.10 Å². The molecule has 1 aromatic heterocycles. The number of nitro groups is 1. The second-order valence-electron chi connectivity index (χ2n) is 5.09. The van der Waals surface area contributed by atoms with E-state index in [4.69, 9.17) is 28.6 Å². The molecule has 0 unspecified atom stereocenters. The van der Waals surface area contributed by atoms with E-state index in [2.05, 4.69) is 15.3 Å². The topological polar surface area (TPSA) is 98.3 Å². The Hall–Kier alpha value is -3.04. The minimum Gasteiger partial charge on any atom is -0.486 e. The predicted octanol–water partition coefficient (Wildman–Crippen LogP) is 3.96. The Morgan fingerprint density at radius 2 is 1.96 bits per heavy atom. The Kier molecular flexibility index (Phi) is 5.40. The third kappa shape index (κ3) is 4.32. The number of nitro benzene ring substituents is 1. The monoisotopic (exact) mass is 389 g/mol. The molecular weight excluding hydrogens is 378 g/mol. The predicted molar refractivity (Wildman–Crippen MR) is 99.3 cm³/mol. The van der Waals surface area contributed by atoms with Gasteiger partial charge in [-0.1, -0.05) is 11.6 Å². The molecule has 0 aliphatic rings. The van der Waals surface area contributed by atoms with Crippen LogP contribution in [0.4, 0.5) is 5.69 Å². The lowest BCUT2D eigenvalue weighted by atomic mass is 10.2. The molecule has 2 aromatic carbocycles. The molecular formula is C16H12ClN5O3S. The second kappa shape index (κ2) is 7.89. The molecule has 132 valence electrons. The third-order valence-corrected chi connectivity index (χ3v) is 3.84. The lowest BCUT2D eigenvalue weighted by Gasteiger charge is -2.05. The highest BCUT2D eigenvalue weighted by molar-refractivity contribution is 7.71. The highest BCUT2D eigenvalue weighted by Crippen LogP contribution is 2.16. The second-order valence-corrected chi connectivity index (χ2v) is 5.92. The molecule has 26 heavy (non-hydrogen) atoms. The number of rotatable bonds is 6. The number of non-ortho nitro benzene ring substituents is 1. The van der Waals surface area contributed by atoms with Crippen LogP contribution in [0, 0.1) is 14.9 Å². The summed E-state index contributed by atoms with van der Waals surface area (Å²) in [6, 6.07) is 12.9. The minimum atomic E-state index is -0.459. The maximum Gasteiger partial charge on any atom is 0.269 e. The van der Waals surface area contributed by atoms with Gasteiger partial charge in [-0.25, -0.2) is 5.10 Å². The summed E-state index contributed by atoms with van der Waals surface area (Å²) < 4.78 is 7.36. The smallest absolute Gasteiger partial charge is 0.269 e. The van der Waals surface area contributed by atoms with Crippen LogP contribution in [-0.2, 0) is 6.61 Å². The third-order valence-electron chi connectivity index (χ3n) is 3.33. The average molecular weight is 390 g/mol. The van der Waals surface area contributed by atoms with Crippen LogP contribution in [0.5, 0.6) is 5.75 Å². The first-order valence-corrected chi connectivity index (χ1v) is 8.15. The van der Waals surface area contributed by atoms with Crippen LogP contribution in [0.2, 0.25) is 5.02 Å². The van der Waals surface area contributed by atoms with Gasteiger partial charge in [0, 0.05) is 17.2 Å². The normalized spacial score (nSPS) is 11.0. The highest BCUT2D eigenvalue weighted by Gasteiger charge is 2.07. The zero-order valence-corrected chi connectivity index (χ0v) is 14.8. The first-order chi connectivity index (χ1) is 12.5. The van der Waals surface area contributed by atoms with E-state index in [0.29, 0.717) is 26.9 Å². The quantitative estimate of drug-likeness (QED) is 0.298. The van der Waals surface area contributed by atoms with E-state index in [-0.39, 0.29) is 12.3 Å². The summed E-state index contributed by atoms with van der Waals surface area (Å²) >= 11 is 11.0. The molecule has 0 fully saturated rings. The lowest BCUT2D eigenvalue weighted by molar-refractivity contribution is -0.384. The molecule has 0 atom stereocenters. The summed E-state index contributed by atoms with van der Waals surface area (Å²) in [6.45, 7) is 0.145. The molecule has 0 aliphatic heterocycles. The van der Waals surface area contributed by atoms with Crippen molar-refractivity contribution in [1.82, 2.24) is 14.9 Å². The number of ether oxygens (including phenoxy) is 1. The first-order valence-electron chi connectivity index (χ1n) is 7.36. The van der Waals surface area contributed by atoms with Crippen molar-refractivity contribution >= 4 is 35.7 Å². The van der Waals surface area contributed by atoms with Gasteiger partial charge in [-0.15, -0.1) is 0 Å². The van der Waals surface area contributed by atoms with Crippen LogP contribution in [0.25, 0.3) is 0 Å². The Bertz CT molecular complexity index is 996. The van der Waals surface area contributed by atoms with E-state index >= 15 is 0 Å². The lowest BCUT2D eigenvalue weighted by Crippen LogP contribution is -2.04. The minimum absolute atomic E-state index is 0.0131. The molecule has 0 amide bonds. The fourth-order valence-electron chi connectivity index (χ4n) is 2.02. The summed E-state index contributed by atoms with van der Waals surface area (Å²) in [5.74, 6) is 1.11. The van der Waals surface area contributed by atoms with Gasteiger partial charge in [0.05, 0.1) is 11.1 Å². The molecule has 0 spiro atoms. The van der Waals surface area contributed by atoms with Gasteiger partial charge in [0.15, 0.2) is 5.82 Å². The fourth-order valence-corrected chi connectivity index (χ4v) is 2.35. The molecule has 0 saturated carbocycles.